The molecule has 0 saturated carbocycles. The van der Waals surface area contributed by atoms with Crippen molar-refractivity contribution in [1.82, 2.24) is 10.3 Å². The van der Waals surface area contributed by atoms with Gasteiger partial charge in [0.05, 0.1) is 20.4 Å². The van der Waals surface area contributed by atoms with Crippen molar-refractivity contribution < 1.29 is 19.3 Å². The maximum atomic E-state index is 10.3. The summed E-state index contributed by atoms with van der Waals surface area (Å²) in [6.07, 6.45) is 3.58. The summed E-state index contributed by atoms with van der Waals surface area (Å²) >= 11 is 0. The Labute approximate surface area is 190 Å². The van der Waals surface area contributed by atoms with Crippen molar-refractivity contribution in [1.29, 1.82) is 0 Å². The molecule has 0 amide bonds. The van der Waals surface area contributed by atoms with Gasteiger partial charge in [0.25, 0.3) is 0 Å². The summed E-state index contributed by atoms with van der Waals surface area (Å²) in [4.78, 5) is 4.01. The molecule has 0 bridgehead atoms. The molecular weight excluding hydrogens is 404 g/mol. The summed E-state index contributed by atoms with van der Waals surface area (Å²) in [5.74, 6) is 2.52. The molecule has 0 fully saturated rings. The number of aliphatic hydroxyl groups excluding tert-OH is 1. The van der Waals surface area contributed by atoms with Gasteiger partial charge in [-0.25, -0.2) is 0 Å². The van der Waals surface area contributed by atoms with E-state index in [4.69, 9.17) is 14.2 Å². The molecule has 0 saturated heterocycles. The lowest BCUT2D eigenvalue weighted by Crippen LogP contribution is -2.37. The van der Waals surface area contributed by atoms with Gasteiger partial charge >= 0.3 is 0 Å². The first-order chi connectivity index (χ1) is 15.6. The van der Waals surface area contributed by atoms with Crippen LogP contribution in [0.25, 0.3) is 0 Å². The van der Waals surface area contributed by atoms with E-state index in [9.17, 15) is 5.11 Å². The van der Waals surface area contributed by atoms with Gasteiger partial charge in [-0.05, 0) is 60.9 Å². The highest BCUT2D eigenvalue weighted by molar-refractivity contribution is 5.38. The average Bonchev–Trinajstić information content (AvgIpc) is 2.85. The van der Waals surface area contributed by atoms with E-state index in [1.807, 2.05) is 30.3 Å². The third-order valence-electron chi connectivity index (χ3n) is 5.40. The molecule has 170 valence electrons. The van der Waals surface area contributed by atoms with Crippen LogP contribution in [0.4, 0.5) is 0 Å². The molecule has 0 unspecified atom stereocenters. The van der Waals surface area contributed by atoms with Crippen molar-refractivity contribution in [3.05, 3.63) is 84.2 Å². The van der Waals surface area contributed by atoms with Gasteiger partial charge in [0.2, 0.25) is 0 Å². The second kappa shape index (κ2) is 12.1. The van der Waals surface area contributed by atoms with Crippen molar-refractivity contribution in [2.45, 2.75) is 31.4 Å². The van der Waals surface area contributed by atoms with Crippen LogP contribution in [-0.4, -0.2) is 49.6 Å². The zero-order chi connectivity index (χ0) is 22.8. The van der Waals surface area contributed by atoms with Crippen LogP contribution in [0, 0.1) is 0 Å². The molecule has 32 heavy (non-hydrogen) atoms. The van der Waals surface area contributed by atoms with E-state index >= 15 is 0 Å². The third-order valence-corrected chi connectivity index (χ3v) is 5.40. The highest BCUT2D eigenvalue weighted by atomic mass is 16.5. The fourth-order valence-corrected chi connectivity index (χ4v) is 3.59. The van der Waals surface area contributed by atoms with E-state index in [1.165, 1.54) is 11.1 Å². The number of hydrogen-bond donors (Lipinski definition) is 2. The topological polar surface area (TPSA) is 72.8 Å². The minimum atomic E-state index is -0.613. The minimum absolute atomic E-state index is 0.178. The lowest BCUT2D eigenvalue weighted by molar-refractivity contribution is 0.103. The van der Waals surface area contributed by atoms with Crippen molar-refractivity contribution in [2.24, 2.45) is 0 Å². The molecule has 0 radical (unpaired) electrons. The van der Waals surface area contributed by atoms with Gasteiger partial charge in [0, 0.05) is 24.7 Å². The van der Waals surface area contributed by atoms with E-state index in [0.717, 1.165) is 17.9 Å². The van der Waals surface area contributed by atoms with Gasteiger partial charge in [-0.2, -0.15) is 0 Å². The fraction of sp³-hybridized carbons (Fsp3) is 0.346. The summed E-state index contributed by atoms with van der Waals surface area (Å²) in [6.45, 7) is 2.79. The van der Waals surface area contributed by atoms with Crippen LogP contribution in [0.2, 0.25) is 0 Å². The number of nitrogens with zero attached hydrogens (tertiary/aromatic N) is 1. The molecule has 2 aromatic carbocycles. The average molecular weight is 437 g/mol. The van der Waals surface area contributed by atoms with Gasteiger partial charge in [-0.15, -0.1) is 0 Å². The van der Waals surface area contributed by atoms with E-state index in [-0.39, 0.29) is 18.6 Å². The smallest absolute Gasteiger partial charge is 0.137 e. The van der Waals surface area contributed by atoms with Crippen molar-refractivity contribution >= 4 is 0 Å². The normalized spacial score (nSPS) is 12.9. The molecule has 0 aliphatic rings. The molecule has 0 aliphatic carbocycles. The largest absolute Gasteiger partial charge is 0.497 e. The molecule has 0 spiro atoms. The Hall–Kier alpha value is -3.09. The third kappa shape index (κ3) is 6.97. The van der Waals surface area contributed by atoms with Crippen LogP contribution < -0.4 is 19.5 Å². The number of aromatic nitrogens is 1. The van der Waals surface area contributed by atoms with E-state index < -0.39 is 6.10 Å². The van der Waals surface area contributed by atoms with Gasteiger partial charge < -0.3 is 24.6 Å². The van der Waals surface area contributed by atoms with Gasteiger partial charge in [0.1, 0.15) is 30.0 Å². The molecule has 1 heterocycles. The van der Waals surface area contributed by atoms with Crippen LogP contribution in [0.5, 0.6) is 17.2 Å². The molecule has 0 aliphatic heterocycles. The van der Waals surface area contributed by atoms with Crippen LogP contribution >= 0.6 is 0 Å². The summed E-state index contributed by atoms with van der Waals surface area (Å²) < 4.78 is 16.2. The Morgan fingerprint density at radius 3 is 1.97 bits per heavy atom. The maximum Gasteiger partial charge on any atom is 0.137 e. The molecule has 6 nitrogen and oxygen atoms in total. The van der Waals surface area contributed by atoms with Crippen LogP contribution in [-0.2, 0) is 0 Å². The first-order valence-electron chi connectivity index (χ1n) is 10.8. The molecular formula is C26H32N2O4. The lowest BCUT2D eigenvalue weighted by Gasteiger charge is -2.24. The van der Waals surface area contributed by atoms with Crippen molar-refractivity contribution in [3.8, 4) is 17.2 Å². The fourth-order valence-electron chi connectivity index (χ4n) is 3.59. The summed E-state index contributed by atoms with van der Waals surface area (Å²) in [7, 11) is 3.34. The highest BCUT2D eigenvalue weighted by Crippen LogP contribution is 2.31. The Kier molecular flexibility index (Phi) is 8.90. The van der Waals surface area contributed by atoms with Gasteiger partial charge in [-0.3, -0.25) is 4.98 Å². The maximum absolute atomic E-state index is 10.3. The highest BCUT2D eigenvalue weighted by Gasteiger charge is 2.19. The van der Waals surface area contributed by atoms with Crippen LogP contribution in [0.15, 0.2) is 73.1 Å². The Balaban J connectivity index is 1.61. The first kappa shape index (κ1) is 23.6. The predicted molar refractivity (Wildman–Crippen MR) is 126 cm³/mol. The van der Waals surface area contributed by atoms with Crippen molar-refractivity contribution in [2.75, 3.05) is 27.4 Å². The minimum Gasteiger partial charge on any atom is -0.497 e. The molecule has 6 heteroatoms. The Morgan fingerprint density at radius 1 is 0.875 bits per heavy atom. The second-order valence-corrected chi connectivity index (χ2v) is 7.80. The molecule has 2 N–H and O–H groups in total. The van der Waals surface area contributed by atoms with E-state index in [1.54, 1.807) is 32.7 Å². The number of methoxy groups -OCH3 is 2. The summed E-state index contributed by atoms with van der Waals surface area (Å²) in [5, 5.41) is 13.7. The zero-order valence-corrected chi connectivity index (χ0v) is 18.9. The second-order valence-electron chi connectivity index (χ2n) is 7.80. The Morgan fingerprint density at radius 2 is 1.47 bits per heavy atom. The van der Waals surface area contributed by atoms with Crippen molar-refractivity contribution in [3.63, 3.8) is 0 Å². The number of ether oxygens (including phenoxy) is 3. The number of nitrogens with one attached hydrogen (secondary N) is 1. The van der Waals surface area contributed by atoms with Gasteiger partial charge in [0.15, 0.2) is 0 Å². The summed E-state index contributed by atoms with van der Waals surface area (Å²) in [5.41, 5.74) is 2.43. The van der Waals surface area contributed by atoms with Gasteiger partial charge in [-0.1, -0.05) is 24.3 Å². The predicted octanol–water partition coefficient (Wildman–Crippen LogP) is 4.04. The zero-order valence-electron chi connectivity index (χ0n) is 18.9. The molecule has 3 rings (SSSR count). The van der Waals surface area contributed by atoms with E-state index in [2.05, 4.69) is 41.5 Å². The number of rotatable bonds is 12. The number of aliphatic hydroxyl groups is 1. The molecule has 2 atom stereocenters. The number of benzene rings is 2. The number of hydrogen-bond acceptors (Lipinski definition) is 6. The SMILES string of the molecule is COc1ccc(C(C[C@H](C)NC[C@H](O)COc2cccnc2)c2ccc(OC)cc2)cc1. The number of pyridine rings is 1. The van der Waals surface area contributed by atoms with E-state index in [0.29, 0.717) is 12.3 Å². The molecule has 1 aromatic heterocycles. The lowest BCUT2D eigenvalue weighted by atomic mass is 9.86. The quantitative estimate of drug-likeness (QED) is 0.447. The Bertz CT molecular complexity index is 869. The standard InChI is InChI=1S/C26H32N2O4/c1-19(28-16-22(29)18-32-25-5-4-14-27-17-25)15-26(20-6-10-23(30-2)11-7-20)21-8-12-24(31-3)13-9-21/h4-14,17,19,22,26,28-29H,15-16,18H2,1-3H3/t19-,22-/m0/s1. The summed E-state index contributed by atoms with van der Waals surface area (Å²) in [6, 6.07) is 20.2. The van der Waals surface area contributed by atoms with Crippen LogP contribution in [0.3, 0.4) is 0 Å². The molecule has 3 aromatic rings. The monoisotopic (exact) mass is 436 g/mol. The first-order valence-corrected chi connectivity index (χ1v) is 10.8. The van der Waals surface area contributed by atoms with Crippen LogP contribution in [0.1, 0.15) is 30.4 Å².